The van der Waals surface area contributed by atoms with Crippen molar-refractivity contribution in [3.05, 3.63) is 36.4 Å². The van der Waals surface area contributed by atoms with Crippen molar-refractivity contribution in [1.82, 2.24) is 0 Å². The summed E-state index contributed by atoms with van der Waals surface area (Å²) in [5, 5.41) is 2.77. The molecule has 0 aliphatic heterocycles. The third-order valence-electron chi connectivity index (χ3n) is 2.00. The first-order valence-corrected chi connectivity index (χ1v) is 5.78. The van der Waals surface area contributed by atoms with Crippen molar-refractivity contribution in [2.24, 2.45) is 5.92 Å². The molecule has 0 atom stereocenters. The predicted octanol–water partition coefficient (Wildman–Crippen LogP) is 3.24. The van der Waals surface area contributed by atoms with Crippen LogP contribution in [-0.2, 0) is 4.79 Å². The van der Waals surface area contributed by atoms with Crippen molar-refractivity contribution in [2.45, 2.75) is 20.8 Å². The zero-order valence-electron chi connectivity index (χ0n) is 10.6. The van der Waals surface area contributed by atoms with Crippen molar-refractivity contribution in [1.29, 1.82) is 0 Å². The van der Waals surface area contributed by atoms with Crippen molar-refractivity contribution in [3.63, 3.8) is 0 Å². The Morgan fingerprint density at radius 3 is 2.88 bits per heavy atom. The summed E-state index contributed by atoms with van der Waals surface area (Å²) in [7, 11) is 0. The van der Waals surface area contributed by atoms with E-state index in [-0.39, 0.29) is 5.91 Å². The van der Waals surface area contributed by atoms with Gasteiger partial charge in [-0.15, -0.1) is 0 Å². The van der Waals surface area contributed by atoms with Gasteiger partial charge in [0, 0.05) is 11.8 Å². The van der Waals surface area contributed by atoms with E-state index >= 15 is 0 Å². The Labute approximate surface area is 102 Å². The van der Waals surface area contributed by atoms with E-state index in [9.17, 15) is 4.79 Å². The third kappa shape index (κ3) is 5.20. The fourth-order valence-electron chi connectivity index (χ4n) is 1.26. The summed E-state index contributed by atoms with van der Waals surface area (Å²) in [4.78, 5) is 11.4. The van der Waals surface area contributed by atoms with Gasteiger partial charge >= 0.3 is 0 Å². The first kappa shape index (κ1) is 13.3. The van der Waals surface area contributed by atoms with E-state index < -0.39 is 0 Å². The second-order valence-corrected chi connectivity index (χ2v) is 4.22. The number of carbonyl (C=O) groups is 1. The van der Waals surface area contributed by atoms with Gasteiger partial charge in [0.05, 0.1) is 6.61 Å². The molecule has 0 fully saturated rings. The highest BCUT2D eigenvalue weighted by molar-refractivity contribution is 5.99. The summed E-state index contributed by atoms with van der Waals surface area (Å²) in [5.74, 6) is 1.13. The van der Waals surface area contributed by atoms with Gasteiger partial charge in [-0.25, -0.2) is 0 Å². The number of allylic oxidation sites excluding steroid dienone is 1. The standard InChI is InChI=1S/C14H19NO2/c1-4-6-14(16)15-12-7-5-8-13(9-12)17-10-11(2)3/h4-9,11H,10H2,1-3H3,(H,15,16). The third-order valence-corrected chi connectivity index (χ3v) is 2.00. The highest BCUT2D eigenvalue weighted by Crippen LogP contribution is 2.17. The summed E-state index contributed by atoms with van der Waals surface area (Å²) in [6.45, 7) is 6.67. The highest BCUT2D eigenvalue weighted by Gasteiger charge is 2.01. The number of carbonyl (C=O) groups excluding carboxylic acids is 1. The Hall–Kier alpha value is -1.77. The smallest absolute Gasteiger partial charge is 0.248 e. The van der Waals surface area contributed by atoms with Crippen LogP contribution in [0.1, 0.15) is 20.8 Å². The molecule has 1 aromatic rings. The summed E-state index contributed by atoms with van der Waals surface area (Å²) in [6.07, 6.45) is 3.19. The molecule has 17 heavy (non-hydrogen) atoms. The van der Waals surface area contributed by atoms with Crippen LogP contribution in [-0.4, -0.2) is 12.5 Å². The van der Waals surface area contributed by atoms with Crippen molar-refractivity contribution < 1.29 is 9.53 Å². The second-order valence-electron chi connectivity index (χ2n) is 4.22. The van der Waals surface area contributed by atoms with Gasteiger partial charge in [0.1, 0.15) is 5.75 Å². The zero-order valence-corrected chi connectivity index (χ0v) is 10.6. The number of amides is 1. The number of ether oxygens (including phenoxy) is 1. The molecule has 1 amide bonds. The van der Waals surface area contributed by atoms with Gasteiger partial charge in [-0.2, -0.15) is 0 Å². The minimum absolute atomic E-state index is 0.131. The van der Waals surface area contributed by atoms with E-state index in [0.29, 0.717) is 12.5 Å². The van der Waals surface area contributed by atoms with E-state index in [1.807, 2.05) is 31.2 Å². The number of hydrogen-bond donors (Lipinski definition) is 1. The van der Waals surface area contributed by atoms with Gasteiger partial charge < -0.3 is 10.1 Å². The summed E-state index contributed by atoms with van der Waals surface area (Å²) in [5.41, 5.74) is 0.745. The summed E-state index contributed by atoms with van der Waals surface area (Å²) >= 11 is 0. The van der Waals surface area contributed by atoms with Crippen LogP contribution in [0.5, 0.6) is 5.75 Å². The molecule has 0 aliphatic rings. The van der Waals surface area contributed by atoms with Crippen LogP contribution in [0.2, 0.25) is 0 Å². The van der Waals surface area contributed by atoms with E-state index in [4.69, 9.17) is 4.74 Å². The number of rotatable bonds is 5. The lowest BCUT2D eigenvalue weighted by Gasteiger charge is -2.10. The number of anilines is 1. The fourth-order valence-corrected chi connectivity index (χ4v) is 1.26. The maximum Gasteiger partial charge on any atom is 0.248 e. The van der Waals surface area contributed by atoms with Crippen LogP contribution in [0, 0.1) is 5.92 Å². The fraction of sp³-hybridized carbons (Fsp3) is 0.357. The monoisotopic (exact) mass is 233 g/mol. The number of benzene rings is 1. The molecular weight excluding hydrogens is 214 g/mol. The molecule has 0 spiro atoms. The van der Waals surface area contributed by atoms with Gasteiger partial charge in [0.15, 0.2) is 0 Å². The lowest BCUT2D eigenvalue weighted by molar-refractivity contribution is -0.111. The molecule has 1 N–H and O–H groups in total. The van der Waals surface area contributed by atoms with Gasteiger partial charge in [-0.05, 0) is 31.1 Å². The molecule has 0 aliphatic carbocycles. The molecule has 0 radical (unpaired) electrons. The van der Waals surface area contributed by atoms with Gasteiger partial charge in [-0.1, -0.05) is 26.0 Å². The number of hydrogen-bond acceptors (Lipinski definition) is 2. The van der Waals surface area contributed by atoms with E-state index in [1.54, 1.807) is 6.08 Å². The van der Waals surface area contributed by atoms with Crippen LogP contribution in [0.3, 0.4) is 0 Å². The van der Waals surface area contributed by atoms with E-state index in [2.05, 4.69) is 19.2 Å². The Bertz CT molecular complexity index is 397. The lowest BCUT2D eigenvalue weighted by Crippen LogP contribution is -2.08. The Morgan fingerprint density at radius 2 is 2.24 bits per heavy atom. The normalized spacial score (nSPS) is 10.8. The Balaban J connectivity index is 2.62. The maximum absolute atomic E-state index is 11.4. The molecule has 0 saturated heterocycles. The van der Waals surface area contributed by atoms with Crippen LogP contribution in [0.4, 0.5) is 5.69 Å². The largest absolute Gasteiger partial charge is 0.493 e. The molecule has 0 heterocycles. The molecule has 1 aromatic carbocycles. The number of nitrogens with one attached hydrogen (secondary N) is 1. The molecule has 1 rings (SSSR count). The summed E-state index contributed by atoms with van der Waals surface area (Å²) < 4.78 is 5.58. The van der Waals surface area contributed by atoms with Crippen LogP contribution in [0.25, 0.3) is 0 Å². The van der Waals surface area contributed by atoms with Gasteiger partial charge in [0.25, 0.3) is 0 Å². The Kier molecular flexibility index (Phi) is 5.27. The maximum atomic E-state index is 11.4. The van der Waals surface area contributed by atoms with Gasteiger partial charge in [0.2, 0.25) is 5.91 Å². The van der Waals surface area contributed by atoms with Crippen LogP contribution in [0.15, 0.2) is 36.4 Å². The molecular formula is C14H19NO2. The van der Waals surface area contributed by atoms with Crippen molar-refractivity contribution in [2.75, 3.05) is 11.9 Å². The first-order valence-electron chi connectivity index (χ1n) is 5.78. The topological polar surface area (TPSA) is 38.3 Å². The van der Waals surface area contributed by atoms with Crippen LogP contribution >= 0.6 is 0 Å². The average molecular weight is 233 g/mol. The molecule has 0 aromatic heterocycles. The van der Waals surface area contributed by atoms with Crippen LogP contribution < -0.4 is 10.1 Å². The highest BCUT2D eigenvalue weighted by atomic mass is 16.5. The SMILES string of the molecule is CC=CC(=O)Nc1cccc(OCC(C)C)c1. The zero-order chi connectivity index (χ0) is 12.7. The van der Waals surface area contributed by atoms with E-state index in [1.165, 1.54) is 6.08 Å². The molecule has 0 unspecified atom stereocenters. The average Bonchev–Trinajstić information content (AvgIpc) is 2.27. The molecule has 3 nitrogen and oxygen atoms in total. The summed E-state index contributed by atoms with van der Waals surface area (Å²) in [6, 6.07) is 7.40. The quantitative estimate of drug-likeness (QED) is 0.793. The predicted molar refractivity (Wildman–Crippen MR) is 70.2 cm³/mol. The molecule has 3 heteroatoms. The minimum Gasteiger partial charge on any atom is -0.493 e. The second kappa shape index (κ2) is 6.74. The van der Waals surface area contributed by atoms with Crippen molar-refractivity contribution >= 4 is 11.6 Å². The van der Waals surface area contributed by atoms with Gasteiger partial charge in [-0.3, -0.25) is 4.79 Å². The van der Waals surface area contributed by atoms with E-state index in [0.717, 1.165) is 11.4 Å². The molecule has 92 valence electrons. The Morgan fingerprint density at radius 1 is 1.47 bits per heavy atom. The molecule has 0 bridgehead atoms. The van der Waals surface area contributed by atoms with Crippen molar-refractivity contribution in [3.8, 4) is 5.75 Å². The molecule has 0 saturated carbocycles. The lowest BCUT2D eigenvalue weighted by atomic mass is 10.2. The first-order chi connectivity index (χ1) is 8.11. The minimum atomic E-state index is -0.131.